The number of nitrogens with zero attached hydrogens (tertiary/aromatic N) is 1. The van der Waals surface area contributed by atoms with E-state index < -0.39 is 6.09 Å². The molecule has 0 aliphatic rings. The molecule has 0 fully saturated rings. The number of hydrogen-bond donors (Lipinski definition) is 2. The molecule has 1 aromatic rings. The van der Waals surface area contributed by atoms with Crippen LogP contribution < -0.4 is 10.6 Å². The van der Waals surface area contributed by atoms with E-state index in [0.29, 0.717) is 11.4 Å². The Hall–Kier alpha value is -2.55. The maximum atomic E-state index is 11.1. The van der Waals surface area contributed by atoms with Gasteiger partial charge in [0.2, 0.25) is 5.91 Å². The lowest BCUT2D eigenvalue weighted by Crippen LogP contribution is -2.12. The van der Waals surface area contributed by atoms with Crippen LogP contribution in [0.2, 0.25) is 0 Å². The lowest BCUT2D eigenvalue weighted by atomic mass is 10.2. The van der Waals surface area contributed by atoms with Gasteiger partial charge < -0.3 is 10.1 Å². The second kappa shape index (κ2) is 6.12. The number of methoxy groups -OCH3 is 1. The van der Waals surface area contributed by atoms with Gasteiger partial charge in [-0.2, -0.15) is 5.26 Å². The van der Waals surface area contributed by atoms with Crippen molar-refractivity contribution in [3.8, 4) is 6.07 Å². The van der Waals surface area contributed by atoms with Crippen LogP contribution in [0.15, 0.2) is 24.3 Å². The summed E-state index contributed by atoms with van der Waals surface area (Å²) in [4.78, 5) is 22.0. The number of nitriles is 1. The van der Waals surface area contributed by atoms with E-state index >= 15 is 0 Å². The molecule has 0 radical (unpaired) electrons. The van der Waals surface area contributed by atoms with Gasteiger partial charge in [0.05, 0.1) is 13.2 Å². The molecule has 17 heavy (non-hydrogen) atoms. The van der Waals surface area contributed by atoms with E-state index in [4.69, 9.17) is 5.26 Å². The van der Waals surface area contributed by atoms with Crippen molar-refractivity contribution in [1.82, 2.24) is 0 Å². The number of nitrogens with one attached hydrogen (secondary N) is 2. The Morgan fingerprint density at radius 1 is 1.24 bits per heavy atom. The SMILES string of the molecule is COC(=O)Nc1ccc(NC(=O)CC#N)cc1. The summed E-state index contributed by atoms with van der Waals surface area (Å²) in [6.45, 7) is 0. The zero-order chi connectivity index (χ0) is 12.7. The van der Waals surface area contributed by atoms with Crippen molar-refractivity contribution in [2.75, 3.05) is 17.7 Å². The van der Waals surface area contributed by atoms with Crippen molar-refractivity contribution in [3.63, 3.8) is 0 Å². The largest absolute Gasteiger partial charge is 0.453 e. The van der Waals surface area contributed by atoms with Gasteiger partial charge in [-0.1, -0.05) is 0 Å². The van der Waals surface area contributed by atoms with Gasteiger partial charge in [-0.15, -0.1) is 0 Å². The Morgan fingerprint density at radius 3 is 2.24 bits per heavy atom. The first-order chi connectivity index (χ1) is 8.15. The van der Waals surface area contributed by atoms with Gasteiger partial charge in [0.1, 0.15) is 6.42 Å². The molecular weight excluding hydrogens is 222 g/mol. The third-order valence-corrected chi connectivity index (χ3v) is 1.84. The maximum Gasteiger partial charge on any atom is 0.411 e. The predicted molar refractivity (Wildman–Crippen MR) is 61.3 cm³/mol. The number of rotatable bonds is 3. The lowest BCUT2D eigenvalue weighted by molar-refractivity contribution is -0.115. The number of carbonyl (C=O) groups is 2. The first-order valence-corrected chi connectivity index (χ1v) is 4.77. The molecule has 2 N–H and O–H groups in total. The maximum absolute atomic E-state index is 11.1. The summed E-state index contributed by atoms with van der Waals surface area (Å²) >= 11 is 0. The molecule has 1 aromatic carbocycles. The Bertz CT molecular complexity index is 448. The van der Waals surface area contributed by atoms with E-state index in [1.807, 2.05) is 0 Å². The molecule has 0 atom stereocenters. The standard InChI is InChI=1S/C11H11N3O3/c1-17-11(16)14-9-4-2-8(3-5-9)13-10(15)6-7-12/h2-5H,6H2,1H3,(H,13,15)(H,14,16). The summed E-state index contributed by atoms with van der Waals surface area (Å²) in [7, 11) is 1.27. The van der Waals surface area contributed by atoms with Crippen LogP contribution in [0, 0.1) is 11.3 Å². The summed E-state index contributed by atoms with van der Waals surface area (Å²) in [6.07, 6.45) is -0.756. The van der Waals surface area contributed by atoms with Gasteiger partial charge >= 0.3 is 6.09 Å². The first-order valence-electron chi connectivity index (χ1n) is 4.77. The fourth-order valence-electron chi connectivity index (χ4n) is 1.08. The Labute approximate surface area is 98.2 Å². The second-order valence-corrected chi connectivity index (χ2v) is 3.08. The van der Waals surface area contributed by atoms with Crippen LogP contribution in [-0.2, 0) is 9.53 Å². The van der Waals surface area contributed by atoms with Crippen molar-refractivity contribution in [3.05, 3.63) is 24.3 Å². The molecule has 0 heterocycles. The molecule has 88 valence electrons. The zero-order valence-electron chi connectivity index (χ0n) is 9.19. The Morgan fingerprint density at radius 2 is 1.76 bits per heavy atom. The van der Waals surface area contributed by atoms with E-state index in [1.54, 1.807) is 30.3 Å². The second-order valence-electron chi connectivity index (χ2n) is 3.08. The molecule has 1 rings (SSSR count). The van der Waals surface area contributed by atoms with Gasteiger partial charge in [-0.3, -0.25) is 10.1 Å². The quantitative estimate of drug-likeness (QED) is 0.831. The molecule has 0 bridgehead atoms. The van der Waals surface area contributed by atoms with E-state index in [2.05, 4.69) is 15.4 Å². The molecule has 0 aliphatic carbocycles. The van der Waals surface area contributed by atoms with Crippen molar-refractivity contribution in [1.29, 1.82) is 5.26 Å². The highest BCUT2D eigenvalue weighted by molar-refractivity contribution is 5.92. The fourth-order valence-corrected chi connectivity index (χ4v) is 1.08. The van der Waals surface area contributed by atoms with E-state index in [0.717, 1.165) is 0 Å². The van der Waals surface area contributed by atoms with Crippen molar-refractivity contribution in [2.24, 2.45) is 0 Å². The molecular formula is C11H11N3O3. The number of ether oxygens (including phenoxy) is 1. The molecule has 6 nitrogen and oxygen atoms in total. The van der Waals surface area contributed by atoms with Crippen LogP contribution in [0.1, 0.15) is 6.42 Å². The highest BCUT2D eigenvalue weighted by Crippen LogP contribution is 2.13. The van der Waals surface area contributed by atoms with Crippen LogP contribution in [0.25, 0.3) is 0 Å². The average molecular weight is 233 g/mol. The zero-order valence-corrected chi connectivity index (χ0v) is 9.19. The van der Waals surface area contributed by atoms with Gasteiger partial charge in [-0.25, -0.2) is 4.79 Å². The smallest absolute Gasteiger partial charge is 0.411 e. The van der Waals surface area contributed by atoms with Crippen molar-refractivity contribution in [2.45, 2.75) is 6.42 Å². The van der Waals surface area contributed by atoms with Gasteiger partial charge in [0.15, 0.2) is 0 Å². The van der Waals surface area contributed by atoms with Crippen LogP contribution in [0.5, 0.6) is 0 Å². The van der Waals surface area contributed by atoms with Crippen molar-refractivity contribution >= 4 is 23.4 Å². The lowest BCUT2D eigenvalue weighted by Gasteiger charge is -2.05. The van der Waals surface area contributed by atoms with Crippen LogP contribution >= 0.6 is 0 Å². The number of amides is 2. The number of hydrogen-bond acceptors (Lipinski definition) is 4. The molecule has 0 saturated heterocycles. The molecule has 0 aliphatic heterocycles. The van der Waals surface area contributed by atoms with Crippen LogP contribution in [0.4, 0.5) is 16.2 Å². The van der Waals surface area contributed by atoms with Gasteiger partial charge in [0.25, 0.3) is 0 Å². The molecule has 2 amide bonds. The van der Waals surface area contributed by atoms with Crippen molar-refractivity contribution < 1.29 is 14.3 Å². The van der Waals surface area contributed by atoms with Gasteiger partial charge in [0, 0.05) is 11.4 Å². The summed E-state index contributed by atoms with van der Waals surface area (Å²) < 4.78 is 4.43. The first kappa shape index (κ1) is 12.5. The minimum absolute atomic E-state index is 0.192. The third kappa shape index (κ3) is 4.22. The minimum Gasteiger partial charge on any atom is -0.453 e. The topological polar surface area (TPSA) is 91.2 Å². The molecule has 0 saturated carbocycles. The third-order valence-electron chi connectivity index (χ3n) is 1.84. The monoisotopic (exact) mass is 233 g/mol. The van der Waals surface area contributed by atoms with E-state index in [1.165, 1.54) is 7.11 Å². The minimum atomic E-state index is -0.564. The van der Waals surface area contributed by atoms with E-state index in [-0.39, 0.29) is 12.3 Å². The predicted octanol–water partition coefficient (Wildman–Crippen LogP) is 1.72. The normalized spacial score (nSPS) is 8.94. The van der Waals surface area contributed by atoms with Crippen LogP contribution in [0.3, 0.4) is 0 Å². The Balaban J connectivity index is 2.59. The summed E-state index contributed by atoms with van der Waals surface area (Å²) in [5.41, 5.74) is 1.11. The highest BCUT2D eigenvalue weighted by atomic mass is 16.5. The number of benzene rings is 1. The molecule has 6 heteroatoms. The van der Waals surface area contributed by atoms with Crippen LogP contribution in [-0.4, -0.2) is 19.1 Å². The van der Waals surface area contributed by atoms with E-state index in [9.17, 15) is 9.59 Å². The molecule has 0 unspecified atom stereocenters. The highest BCUT2D eigenvalue weighted by Gasteiger charge is 2.02. The van der Waals surface area contributed by atoms with Gasteiger partial charge in [-0.05, 0) is 24.3 Å². The fraction of sp³-hybridized carbons (Fsp3) is 0.182. The number of anilines is 2. The summed E-state index contributed by atoms with van der Waals surface area (Å²) in [5, 5.41) is 13.3. The molecule has 0 aromatic heterocycles. The summed E-state index contributed by atoms with van der Waals surface area (Å²) in [5.74, 6) is -0.374. The summed E-state index contributed by atoms with van der Waals surface area (Å²) in [6, 6.07) is 8.19. The average Bonchev–Trinajstić information content (AvgIpc) is 2.32. The Kier molecular flexibility index (Phi) is 4.51. The molecule has 0 spiro atoms. The number of carbonyl (C=O) groups excluding carboxylic acids is 2.